The lowest BCUT2D eigenvalue weighted by Crippen LogP contribution is -2.35. The lowest BCUT2D eigenvalue weighted by Gasteiger charge is -2.22. The van der Waals surface area contributed by atoms with Crippen LogP contribution in [0.5, 0.6) is 0 Å². The standard InChI is InChI=1S/C12H21N/c1-4-6-7-12(13-5-2)10(3)11-8-9-11/h10-13H,5,7-9H2,1-3H3. The number of nitrogens with one attached hydrogen (secondary N) is 1. The summed E-state index contributed by atoms with van der Waals surface area (Å²) < 4.78 is 0. The Labute approximate surface area is 82.3 Å². The second kappa shape index (κ2) is 5.29. The highest BCUT2D eigenvalue weighted by Crippen LogP contribution is 2.38. The third kappa shape index (κ3) is 3.40. The molecule has 2 atom stereocenters. The first-order valence-electron chi connectivity index (χ1n) is 5.42. The second-order valence-corrected chi connectivity index (χ2v) is 3.99. The third-order valence-electron chi connectivity index (χ3n) is 2.97. The first-order chi connectivity index (χ1) is 6.29. The first-order valence-corrected chi connectivity index (χ1v) is 5.42. The highest BCUT2D eigenvalue weighted by atomic mass is 14.9. The summed E-state index contributed by atoms with van der Waals surface area (Å²) >= 11 is 0. The first kappa shape index (κ1) is 10.6. The van der Waals surface area contributed by atoms with Gasteiger partial charge in [0.05, 0.1) is 0 Å². The van der Waals surface area contributed by atoms with Gasteiger partial charge in [-0.05, 0) is 38.1 Å². The van der Waals surface area contributed by atoms with E-state index in [-0.39, 0.29) is 0 Å². The van der Waals surface area contributed by atoms with Crippen molar-refractivity contribution in [3.8, 4) is 11.8 Å². The largest absolute Gasteiger partial charge is 0.313 e. The van der Waals surface area contributed by atoms with Gasteiger partial charge in [0.15, 0.2) is 0 Å². The summed E-state index contributed by atoms with van der Waals surface area (Å²) in [6.07, 6.45) is 3.88. The van der Waals surface area contributed by atoms with Gasteiger partial charge >= 0.3 is 0 Å². The summed E-state index contributed by atoms with van der Waals surface area (Å²) in [5.41, 5.74) is 0. The molecule has 0 amide bonds. The molecule has 13 heavy (non-hydrogen) atoms. The molecular weight excluding hydrogens is 158 g/mol. The smallest absolute Gasteiger partial charge is 0.0245 e. The highest BCUT2D eigenvalue weighted by Gasteiger charge is 2.32. The molecule has 1 saturated carbocycles. The Bertz CT molecular complexity index is 195. The highest BCUT2D eigenvalue weighted by molar-refractivity contribution is 5.00. The molecule has 2 unspecified atom stereocenters. The normalized spacial score (nSPS) is 20.2. The minimum atomic E-state index is 0.616. The molecule has 1 N–H and O–H groups in total. The van der Waals surface area contributed by atoms with Crippen LogP contribution in [0.3, 0.4) is 0 Å². The van der Waals surface area contributed by atoms with Crippen molar-refractivity contribution in [1.82, 2.24) is 5.32 Å². The Balaban J connectivity index is 2.37. The van der Waals surface area contributed by atoms with E-state index in [9.17, 15) is 0 Å². The average molecular weight is 179 g/mol. The van der Waals surface area contributed by atoms with Crippen molar-refractivity contribution >= 4 is 0 Å². The monoisotopic (exact) mass is 179 g/mol. The van der Waals surface area contributed by atoms with E-state index in [1.165, 1.54) is 12.8 Å². The molecule has 1 fully saturated rings. The van der Waals surface area contributed by atoms with Crippen molar-refractivity contribution in [2.75, 3.05) is 6.54 Å². The van der Waals surface area contributed by atoms with Crippen molar-refractivity contribution in [3.05, 3.63) is 0 Å². The fraction of sp³-hybridized carbons (Fsp3) is 0.833. The molecule has 0 heterocycles. The Morgan fingerprint density at radius 2 is 2.15 bits per heavy atom. The van der Waals surface area contributed by atoms with Crippen molar-refractivity contribution in [1.29, 1.82) is 0 Å². The van der Waals surface area contributed by atoms with E-state index >= 15 is 0 Å². The number of rotatable bonds is 5. The molecular formula is C12H21N. The molecule has 0 aliphatic heterocycles. The average Bonchev–Trinajstić information content (AvgIpc) is 2.94. The Morgan fingerprint density at radius 1 is 1.46 bits per heavy atom. The Kier molecular flexibility index (Phi) is 4.32. The van der Waals surface area contributed by atoms with Crippen LogP contribution in [0.2, 0.25) is 0 Å². The van der Waals surface area contributed by atoms with Crippen LogP contribution < -0.4 is 5.32 Å². The summed E-state index contributed by atoms with van der Waals surface area (Å²) in [4.78, 5) is 0. The molecule has 0 bridgehead atoms. The van der Waals surface area contributed by atoms with Crippen LogP contribution in [0.15, 0.2) is 0 Å². The maximum atomic E-state index is 3.54. The molecule has 0 radical (unpaired) electrons. The summed E-state index contributed by atoms with van der Waals surface area (Å²) in [7, 11) is 0. The summed E-state index contributed by atoms with van der Waals surface area (Å²) in [5.74, 6) is 7.95. The van der Waals surface area contributed by atoms with Gasteiger partial charge in [-0.3, -0.25) is 0 Å². The quantitative estimate of drug-likeness (QED) is 0.639. The predicted octanol–water partition coefficient (Wildman–Crippen LogP) is 2.42. The molecule has 0 aromatic heterocycles. The van der Waals surface area contributed by atoms with Crippen molar-refractivity contribution in [2.24, 2.45) is 11.8 Å². The van der Waals surface area contributed by atoms with Gasteiger partial charge in [0.25, 0.3) is 0 Å². The van der Waals surface area contributed by atoms with Gasteiger partial charge in [-0.25, -0.2) is 0 Å². The lowest BCUT2D eigenvalue weighted by atomic mass is 9.94. The summed E-state index contributed by atoms with van der Waals surface area (Å²) in [5, 5.41) is 3.54. The van der Waals surface area contributed by atoms with Crippen LogP contribution in [0, 0.1) is 23.7 Å². The predicted molar refractivity (Wildman–Crippen MR) is 57.4 cm³/mol. The van der Waals surface area contributed by atoms with Crippen LogP contribution in [0.4, 0.5) is 0 Å². The van der Waals surface area contributed by atoms with E-state index < -0.39 is 0 Å². The molecule has 0 aromatic rings. The van der Waals surface area contributed by atoms with Gasteiger partial charge in [0.2, 0.25) is 0 Å². The van der Waals surface area contributed by atoms with Gasteiger partial charge in [-0.2, -0.15) is 0 Å². The van der Waals surface area contributed by atoms with Gasteiger partial charge in [0, 0.05) is 12.5 Å². The van der Waals surface area contributed by atoms with Crippen LogP contribution in [-0.4, -0.2) is 12.6 Å². The lowest BCUT2D eigenvalue weighted by molar-refractivity contribution is 0.352. The molecule has 0 saturated heterocycles. The molecule has 74 valence electrons. The van der Waals surface area contributed by atoms with Gasteiger partial charge in [0.1, 0.15) is 0 Å². The maximum absolute atomic E-state index is 3.54. The summed E-state index contributed by atoms with van der Waals surface area (Å²) in [6.45, 7) is 7.52. The van der Waals surface area contributed by atoms with Crippen LogP contribution >= 0.6 is 0 Å². The van der Waals surface area contributed by atoms with E-state index in [4.69, 9.17) is 0 Å². The molecule has 1 rings (SSSR count). The van der Waals surface area contributed by atoms with Gasteiger partial charge < -0.3 is 5.32 Å². The van der Waals surface area contributed by atoms with E-state index in [0.29, 0.717) is 6.04 Å². The Hall–Kier alpha value is -0.480. The fourth-order valence-corrected chi connectivity index (χ4v) is 1.87. The van der Waals surface area contributed by atoms with E-state index in [0.717, 1.165) is 24.8 Å². The Morgan fingerprint density at radius 3 is 2.62 bits per heavy atom. The minimum Gasteiger partial charge on any atom is -0.313 e. The van der Waals surface area contributed by atoms with E-state index in [2.05, 4.69) is 31.0 Å². The topological polar surface area (TPSA) is 12.0 Å². The second-order valence-electron chi connectivity index (χ2n) is 3.99. The van der Waals surface area contributed by atoms with Crippen LogP contribution in [0.1, 0.15) is 40.0 Å². The molecule has 1 nitrogen and oxygen atoms in total. The minimum absolute atomic E-state index is 0.616. The zero-order valence-corrected chi connectivity index (χ0v) is 9.06. The molecule has 0 spiro atoms. The molecule has 0 aromatic carbocycles. The van der Waals surface area contributed by atoms with E-state index in [1.54, 1.807) is 0 Å². The van der Waals surface area contributed by atoms with E-state index in [1.807, 2.05) is 6.92 Å². The van der Waals surface area contributed by atoms with Crippen molar-refractivity contribution in [2.45, 2.75) is 46.1 Å². The third-order valence-corrected chi connectivity index (χ3v) is 2.97. The van der Waals surface area contributed by atoms with Crippen LogP contribution in [0.25, 0.3) is 0 Å². The summed E-state index contributed by atoms with van der Waals surface area (Å²) in [6, 6.07) is 0.616. The van der Waals surface area contributed by atoms with Crippen LogP contribution in [-0.2, 0) is 0 Å². The number of hydrogen-bond acceptors (Lipinski definition) is 1. The van der Waals surface area contributed by atoms with Gasteiger partial charge in [-0.1, -0.05) is 13.8 Å². The SMILES string of the molecule is CC#CCC(NCC)C(C)C1CC1. The maximum Gasteiger partial charge on any atom is 0.0245 e. The molecule has 1 aliphatic carbocycles. The molecule has 1 heteroatoms. The van der Waals surface area contributed by atoms with Gasteiger partial charge in [-0.15, -0.1) is 11.8 Å². The van der Waals surface area contributed by atoms with Crippen molar-refractivity contribution < 1.29 is 0 Å². The zero-order valence-electron chi connectivity index (χ0n) is 9.06. The van der Waals surface area contributed by atoms with Crippen molar-refractivity contribution in [3.63, 3.8) is 0 Å². The zero-order chi connectivity index (χ0) is 9.68. The fourth-order valence-electron chi connectivity index (χ4n) is 1.87. The number of hydrogen-bond donors (Lipinski definition) is 1. The molecule has 1 aliphatic rings.